The van der Waals surface area contributed by atoms with E-state index in [9.17, 15) is 0 Å². The van der Waals surface area contributed by atoms with Crippen LogP contribution in [0.1, 0.15) is 60.1 Å². The molecule has 17 heavy (non-hydrogen) atoms. The molecule has 0 fully saturated rings. The van der Waals surface area contributed by atoms with Crippen molar-refractivity contribution in [2.75, 3.05) is 0 Å². The van der Waals surface area contributed by atoms with Gasteiger partial charge in [0.15, 0.2) is 0 Å². The predicted molar refractivity (Wildman–Crippen MR) is 72.6 cm³/mol. The summed E-state index contributed by atoms with van der Waals surface area (Å²) >= 11 is 0. The van der Waals surface area contributed by atoms with E-state index in [4.69, 9.17) is 4.74 Å². The van der Waals surface area contributed by atoms with Gasteiger partial charge in [-0.05, 0) is 32.8 Å². The lowest BCUT2D eigenvalue weighted by molar-refractivity contribution is 0.0983. The Morgan fingerprint density at radius 3 is 2.24 bits per heavy atom. The van der Waals surface area contributed by atoms with Crippen LogP contribution in [0.4, 0.5) is 0 Å². The van der Waals surface area contributed by atoms with Gasteiger partial charge in [-0.3, -0.25) is 0 Å². The number of pyridine rings is 1. The Balaban J connectivity index is 2.94. The lowest BCUT2D eigenvalue weighted by atomic mass is 9.86. The first-order valence-corrected chi connectivity index (χ1v) is 6.47. The second-order valence-corrected chi connectivity index (χ2v) is 5.81. The van der Waals surface area contributed by atoms with Crippen LogP contribution < -0.4 is 4.74 Å². The summed E-state index contributed by atoms with van der Waals surface area (Å²) in [6.45, 7) is 12.9. The molecular formula is C15H25NO. The van der Waals surface area contributed by atoms with E-state index in [1.54, 1.807) is 0 Å². The van der Waals surface area contributed by atoms with E-state index in [2.05, 4.69) is 52.6 Å². The van der Waals surface area contributed by atoms with Crippen molar-refractivity contribution in [2.24, 2.45) is 0 Å². The first kappa shape index (κ1) is 14.0. The van der Waals surface area contributed by atoms with E-state index < -0.39 is 0 Å². The maximum Gasteiger partial charge on any atom is 0.213 e. The van der Waals surface area contributed by atoms with E-state index in [1.807, 2.05) is 12.1 Å². The van der Waals surface area contributed by atoms with E-state index >= 15 is 0 Å². The van der Waals surface area contributed by atoms with Gasteiger partial charge in [-0.15, -0.1) is 0 Å². The van der Waals surface area contributed by atoms with Crippen LogP contribution in [0.25, 0.3) is 0 Å². The second kappa shape index (κ2) is 5.07. The average Bonchev–Trinajstić information content (AvgIpc) is 2.29. The normalized spacial score (nSPS) is 12.6. The molecule has 0 aliphatic carbocycles. The summed E-state index contributed by atoms with van der Waals surface area (Å²) in [5, 5.41) is 0. The van der Waals surface area contributed by atoms with Gasteiger partial charge in [0.1, 0.15) is 5.60 Å². The van der Waals surface area contributed by atoms with Crippen LogP contribution in [0.3, 0.4) is 0 Å². The number of hydrogen-bond donors (Lipinski definition) is 0. The Morgan fingerprint density at radius 1 is 1.06 bits per heavy atom. The fourth-order valence-electron chi connectivity index (χ4n) is 1.38. The lowest BCUT2D eigenvalue weighted by Crippen LogP contribution is -2.28. The molecule has 0 amide bonds. The van der Waals surface area contributed by atoms with Gasteiger partial charge in [-0.2, -0.15) is 0 Å². The summed E-state index contributed by atoms with van der Waals surface area (Å²) in [5.74, 6) is 0.732. The quantitative estimate of drug-likeness (QED) is 0.757. The van der Waals surface area contributed by atoms with Crippen LogP contribution in [-0.2, 0) is 5.41 Å². The van der Waals surface area contributed by atoms with E-state index in [-0.39, 0.29) is 11.0 Å². The summed E-state index contributed by atoms with van der Waals surface area (Å²) < 4.78 is 5.92. The number of rotatable bonds is 5. The van der Waals surface area contributed by atoms with Gasteiger partial charge in [-0.1, -0.05) is 33.8 Å². The third-order valence-corrected chi connectivity index (χ3v) is 3.53. The number of nitrogens with zero attached hydrogens (tertiary/aromatic N) is 1. The summed E-state index contributed by atoms with van der Waals surface area (Å²) in [5.41, 5.74) is 1.06. The zero-order valence-corrected chi connectivity index (χ0v) is 12.0. The van der Waals surface area contributed by atoms with Crippen molar-refractivity contribution < 1.29 is 4.74 Å². The summed E-state index contributed by atoms with van der Waals surface area (Å²) in [4.78, 5) is 4.63. The molecule has 0 aromatic carbocycles. The van der Waals surface area contributed by atoms with E-state index in [0.717, 1.165) is 24.4 Å². The van der Waals surface area contributed by atoms with Crippen molar-refractivity contribution in [3.8, 4) is 5.88 Å². The maximum absolute atomic E-state index is 5.92. The Kier molecular flexibility index (Phi) is 4.18. The fourth-order valence-corrected chi connectivity index (χ4v) is 1.38. The molecule has 1 aromatic rings. The Hall–Kier alpha value is -1.05. The number of ether oxygens (including phenoxy) is 1. The first-order valence-electron chi connectivity index (χ1n) is 6.47. The van der Waals surface area contributed by atoms with Gasteiger partial charge in [0.2, 0.25) is 5.88 Å². The SMILES string of the molecule is CCC(C)(C)Oc1cccc(C(C)(C)CC)n1. The van der Waals surface area contributed by atoms with Crippen molar-refractivity contribution in [3.05, 3.63) is 23.9 Å². The highest BCUT2D eigenvalue weighted by molar-refractivity contribution is 5.21. The molecule has 0 aliphatic rings. The number of aromatic nitrogens is 1. The molecule has 1 aromatic heterocycles. The Labute approximate surface area is 105 Å². The highest BCUT2D eigenvalue weighted by atomic mass is 16.5. The number of hydrogen-bond acceptors (Lipinski definition) is 2. The van der Waals surface area contributed by atoms with Crippen molar-refractivity contribution >= 4 is 0 Å². The van der Waals surface area contributed by atoms with Gasteiger partial charge in [0.25, 0.3) is 0 Å². The van der Waals surface area contributed by atoms with Gasteiger partial charge in [-0.25, -0.2) is 4.98 Å². The smallest absolute Gasteiger partial charge is 0.213 e. The standard InChI is InChI=1S/C15H25NO/c1-7-14(3,4)12-10-9-11-13(16-12)17-15(5,6)8-2/h9-11H,7-8H2,1-6H3. The molecule has 0 spiro atoms. The molecule has 0 aliphatic heterocycles. The Morgan fingerprint density at radius 2 is 1.71 bits per heavy atom. The highest BCUT2D eigenvalue weighted by Crippen LogP contribution is 2.27. The molecule has 0 atom stereocenters. The van der Waals surface area contributed by atoms with Gasteiger partial charge in [0.05, 0.1) is 5.69 Å². The van der Waals surface area contributed by atoms with Crippen LogP contribution >= 0.6 is 0 Å². The van der Waals surface area contributed by atoms with Crippen molar-refractivity contribution in [1.29, 1.82) is 0 Å². The fraction of sp³-hybridized carbons (Fsp3) is 0.667. The monoisotopic (exact) mass is 235 g/mol. The average molecular weight is 235 g/mol. The van der Waals surface area contributed by atoms with Crippen LogP contribution in [-0.4, -0.2) is 10.6 Å². The third-order valence-electron chi connectivity index (χ3n) is 3.53. The van der Waals surface area contributed by atoms with Crippen molar-refractivity contribution in [1.82, 2.24) is 4.98 Å². The third kappa shape index (κ3) is 3.72. The molecular weight excluding hydrogens is 210 g/mol. The zero-order valence-electron chi connectivity index (χ0n) is 12.0. The summed E-state index contributed by atoms with van der Waals surface area (Å²) in [6, 6.07) is 6.04. The largest absolute Gasteiger partial charge is 0.472 e. The van der Waals surface area contributed by atoms with Crippen molar-refractivity contribution in [3.63, 3.8) is 0 Å². The van der Waals surface area contributed by atoms with Gasteiger partial charge in [0, 0.05) is 11.5 Å². The second-order valence-electron chi connectivity index (χ2n) is 5.81. The zero-order chi connectivity index (χ0) is 13.1. The molecule has 0 bridgehead atoms. The van der Waals surface area contributed by atoms with Crippen LogP contribution in [0.5, 0.6) is 5.88 Å². The topological polar surface area (TPSA) is 22.1 Å². The van der Waals surface area contributed by atoms with Gasteiger partial charge < -0.3 is 4.74 Å². The summed E-state index contributed by atoms with van der Waals surface area (Å²) in [7, 11) is 0. The van der Waals surface area contributed by atoms with Crippen LogP contribution in [0.2, 0.25) is 0 Å². The van der Waals surface area contributed by atoms with Crippen LogP contribution in [0.15, 0.2) is 18.2 Å². The first-order chi connectivity index (χ1) is 7.80. The molecule has 96 valence electrons. The summed E-state index contributed by atoms with van der Waals surface area (Å²) in [6.07, 6.45) is 2.04. The van der Waals surface area contributed by atoms with Crippen molar-refractivity contribution in [2.45, 2.75) is 65.4 Å². The molecule has 1 heterocycles. The van der Waals surface area contributed by atoms with E-state index in [1.165, 1.54) is 0 Å². The predicted octanol–water partition coefficient (Wildman–Crippen LogP) is 4.34. The molecule has 1 rings (SSSR count). The maximum atomic E-state index is 5.92. The van der Waals surface area contributed by atoms with Crippen LogP contribution in [0, 0.1) is 0 Å². The molecule has 0 radical (unpaired) electrons. The molecule has 0 saturated carbocycles. The minimum absolute atomic E-state index is 0.107. The minimum Gasteiger partial charge on any atom is -0.472 e. The molecule has 2 heteroatoms. The van der Waals surface area contributed by atoms with Gasteiger partial charge >= 0.3 is 0 Å². The Bertz CT molecular complexity index is 369. The highest BCUT2D eigenvalue weighted by Gasteiger charge is 2.22. The molecule has 0 N–H and O–H groups in total. The minimum atomic E-state index is -0.151. The molecule has 0 saturated heterocycles. The molecule has 2 nitrogen and oxygen atoms in total. The molecule has 0 unspecified atom stereocenters. The lowest BCUT2D eigenvalue weighted by Gasteiger charge is -2.26. The van der Waals surface area contributed by atoms with E-state index in [0.29, 0.717) is 0 Å².